The third kappa shape index (κ3) is 8.42. The molecule has 0 aliphatic heterocycles. The summed E-state index contributed by atoms with van der Waals surface area (Å²) in [7, 11) is 0. The average molecular weight is 358 g/mol. The predicted molar refractivity (Wildman–Crippen MR) is 92.2 cm³/mol. The highest BCUT2D eigenvalue weighted by Crippen LogP contribution is 2.29. The number of halogens is 3. The SMILES string of the molecule is CCCNC(=O)CCNC(=NCc1ccc(C(F)(F)F)cc1)NCC. The van der Waals surface area contributed by atoms with E-state index in [0.29, 0.717) is 37.6 Å². The molecule has 0 spiro atoms. The predicted octanol–water partition coefficient (Wildman–Crippen LogP) is 2.68. The number of aliphatic imine (C=N–C) groups is 1. The number of amides is 1. The van der Waals surface area contributed by atoms with E-state index >= 15 is 0 Å². The number of rotatable bonds is 8. The molecule has 0 fully saturated rings. The van der Waals surface area contributed by atoms with Gasteiger partial charge in [-0.3, -0.25) is 4.79 Å². The Balaban J connectivity index is 2.53. The van der Waals surface area contributed by atoms with Crippen LogP contribution < -0.4 is 16.0 Å². The standard InChI is InChI=1S/C17H25F3N4O/c1-3-10-22-15(25)9-11-23-16(21-4-2)24-12-13-5-7-14(8-6-13)17(18,19)20/h5-8H,3-4,9-12H2,1-2H3,(H,22,25)(H2,21,23,24). The minimum atomic E-state index is -4.34. The number of hydrogen-bond donors (Lipinski definition) is 3. The zero-order chi connectivity index (χ0) is 18.7. The second-order valence-corrected chi connectivity index (χ2v) is 5.42. The molecule has 1 aromatic carbocycles. The van der Waals surface area contributed by atoms with Crippen LogP contribution in [0, 0.1) is 0 Å². The van der Waals surface area contributed by atoms with E-state index in [2.05, 4.69) is 20.9 Å². The summed E-state index contributed by atoms with van der Waals surface area (Å²) >= 11 is 0. The quantitative estimate of drug-likeness (QED) is 0.494. The van der Waals surface area contributed by atoms with Crippen molar-refractivity contribution in [1.29, 1.82) is 0 Å². The van der Waals surface area contributed by atoms with E-state index in [-0.39, 0.29) is 12.5 Å². The molecule has 0 aliphatic carbocycles. The number of benzene rings is 1. The monoisotopic (exact) mass is 358 g/mol. The van der Waals surface area contributed by atoms with Crippen molar-refractivity contribution in [1.82, 2.24) is 16.0 Å². The number of alkyl halides is 3. The molecule has 0 saturated heterocycles. The molecule has 1 aromatic rings. The smallest absolute Gasteiger partial charge is 0.357 e. The lowest BCUT2D eigenvalue weighted by Crippen LogP contribution is -2.39. The van der Waals surface area contributed by atoms with Crippen molar-refractivity contribution < 1.29 is 18.0 Å². The summed E-state index contributed by atoms with van der Waals surface area (Å²) in [4.78, 5) is 15.8. The molecule has 1 amide bonds. The second kappa shape index (κ2) is 10.6. The minimum Gasteiger partial charge on any atom is -0.357 e. The first-order valence-corrected chi connectivity index (χ1v) is 8.31. The normalized spacial score (nSPS) is 12.0. The number of hydrogen-bond acceptors (Lipinski definition) is 2. The molecular formula is C17H25F3N4O. The van der Waals surface area contributed by atoms with Crippen LogP contribution in [0.1, 0.15) is 37.8 Å². The van der Waals surface area contributed by atoms with Crippen molar-refractivity contribution in [2.24, 2.45) is 4.99 Å². The fraction of sp³-hybridized carbons (Fsp3) is 0.529. The summed E-state index contributed by atoms with van der Waals surface area (Å²) in [6.45, 7) is 5.85. The zero-order valence-corrected chi connectivity index (χ0v) is 14.5. The Morgan fingerprint density at radius 3 is 2.28 bits per heavy atom. The van der Waals surface area contributed by atoms with E-state index < -0.39 is 11.7 Å². The van der Waals surface area contributed by atoms with Crippen molar-refractivity contribution in [2.75, 3.05) is 19.6 Å². The van der Waals surface area contributed by atoms with E-state index in [4.69, 9.17) is 0 Å². The lowest BCUT2D eigenvalue weighted by Gasteiger charge is -2.11. The first-order chi connectivity index (χ1) is 11.9. The molecule has 0 radical (unpaired) electrons. The summed E-state index contributed by atoms with van der Waals surface area (Å²) in [5.41, 5.74) is -0.00533. The van der Waals surface area contributed by atoms with Crippen molar-refractivity contribution in [3.05, 3.63) is 35.4 Å². The largest absolute Gasteiger partial charge is 0.416 e. The van der Waals surface area contributed by atoms with Crippen LogP contribution in [0.2, 0.25) is 0 Å². The van der Waals surface area contributed by atoms with E-state index in [1.165, 1.54) is 12.1 Å². The molecule has 140 valence electrons. The highest BCUT2D eigenvalue weighted by atomic mass is 19.4. The van der Waals surface area contributed by atoms with Crippen LogP contribution in [0.5, 0.6) is 0 Å². The molecule has 1 rings (SSSR count). The Morgan fingerprint density at radius 2 is 1.72 bits per heavy atom. The Bertz CT molecular complexity index is 556. The van der Waals surface area contributed by atoms with Gasteiger partial charge in [-0.05, 0) is 31.0 Å². The number of guanidine groups is 1. The van der Waals surface area contributed by atoms with Crippen LogP contribution in [0.4, 0.5) is 13.2 Å². The molecule has 3 N–H and O–H groups in total. The summed E-state index contributed by atoms with van der Waals surface area (Å²) in [5, 5.41) is 8.85. The number of carbonyl (C=O) groups is 1. The van der Waals surface area contributed by atoms with Gasteiger partial charge in [0.25, 0.3) is 0 Å². The lowest BCUT2D eigenvalue weighted by molar-refractivity contribution is -0.137. The number of nitrogens with zero attached hydrogens (tertiary/aromatic N) is 1. The van der Waals surface area contributed by atoms with Gasteiger partial charge < -0.3 is 16.0 Å². The molecule has 25 heavy (non-hydrogen) atoms. The second-order valence-electron chi connectivity index (χ2n) is 5.42. The van der Waals surface area contributed by atoms with E-state index in [0.717, 1.165) is 18.6 Å². The first kappa shape index (κ1) is 20.8. The molecule has 0 bridgehead atoms. The molecular weight excluding hydrogens is 333 g/mol. The lowest BCUT2D eigenvalue weighted by atomic mass is 10.1. The van der Waals surface area contributed by atoms with E-state index in [9.17, 15) is 18.0 Å². The number of nitrogens with one attached hydrogen (secondary N) is 3. The Morgan fingerprint density at radius 1 is 1.04 bits per heavy atom. The topological polar surface area (TPSA) is 65.5 Å². The first-order valence-electron chi connectivity index (χ1n) is 8.31. The van der Waals surface area contributed by atoms with Crippen molar-refractivity contribution in [3.63, 3.8) is 0 Å². The molecule has 0 saturated carbocycles. The fourth-order valence-corrected chi connectivity index (χ4v) is 1.96. The van der Waals surface area contributed by atoms with E-state index in [1.807, 2.05) is 13.8 Å². The van der Waals surface area contributed by atoms with Gasteiger partial charge in [0.1, 0.15) is 0 Å². The minimum absolute atomic E-state index is 0.0343. The van der Waals surface area contributed by atoms with Gasteiger partial charge in [0.2, 0.25) is 5.91 Å². The van der Waals surface area contributed by atoms with Crippen molar-refractivity contribution >= 4 is 11.9 Å². The maximum atomic E-state index is 12.5. The Kier molecular flexibility index (Phi) is 8.80. The molecule has 0 aliphatic rings. The third-order valence-electron chi connectivity index (χ3n) is 3.26. The van der Waals surface area contributed by atoms with Gasteiger partial charge in [-0.15, -0.1) is 0 Å². The van der Waals surface area contributed by atoms with Gasteiger partial charge >= 0.3 is 6.18 Å². The van der Waals surface area contributed by atoms with E-state index in [1.54, 1.807) is 0 Å². The van der Waals surface area contributed by atoms with Crippen LogP contribution in [-0.4, -0.2) is 31.5 Å². The van der Waals surface area contributed by atoms with Gasteiger partial charge in [-0.25, -0.2) is 4.99 Å². The summed E-state index contributed by atoms with van der Waals surface area (Å²) < 4.78 is 37.6. The highest BCUT2D eigenvalue weighted by molar-refractivity contribution is 5.81. The number of carbonyl (C=O) groups excluding carboxylic acids is 1. The van der Waals surface area contributed by atoms with Crippen molar-refractivity contribution in [2.45, 2.75) is 39.4 Å². The fourth-order valence-electron chi connectivity index (χ4n) is 1.96. The maximum absolute atomic E-state index is 12.5. The molecule has 0 atom stereocenters. The average Bonchev–Trinajstić information content (AvgIpc) is 2.57. The summed E-state index contributed by atoms with van der Waals surface area (Å²) in [6, 6.07) is 4.91. The summed E-state index contributed by atoms with van der Waals surface area (Å²) in [6.07, 6.45) is -3.13. The maximum Gasteiger partial charge on any atom is 0.416 e. The van der Waals surface area contributed by atoms with Crippen LogP contribution >= 0.6 is 0 Å². The van der Waals surface area contributed by atoms with Gasteiger partial charge in [0.05, 0.1) is 12.1 Å². The molecule has 8 heteroatoms. The highest BCUT2D eigenvalue weighted by Gasteiger charge is 2.29. The molecule has 0 aromatic heterocycles. The Hall–Kier alpha value is -2.25. The van der Waals surface area contributed by atoms with Crippen molar-refractivity contribution in [3.8, 4) is 0 Å². The molecule has 5 nitrogen and oxygen atoms in total. The third-order valence-corrected chi connectivity index (χ3v) is 3.26. The molecule has 0 unspecified atom stereocenters. The van der Waals surface area contributed by atoms with Crippen LogP contribution in [-0.2, 0) is 17.5 Å². The van der Waals surface area contributed by atoms with Gasteiger partial charge in [-0.2, -0.15) is 13.2 Å². The van der Waals surface area contributed by atoms with Crippen LogP contribution in [0.15, 0.2) is 29.3 Å². The Labute approximate surface area is 146 Å². The summed E-state index contributed by atoms with van der Waals surface area (Å²) in [5.74, 6) is 0.485. The molecule has 0 heterocycles. The van der Waals surface area contributed by atoms with Gasteiger partial charge in [-0.1, -0.05) is 19.1 Å². The van der Waals surface area contributed by atoms with Gasteiger partial charge in [0.15, 0.2) is 5.96 Å². The zero-order valence-electron chi connectivity index (χ0n) is 14.5. The van der Waals surface area contributed by atoms with Gasteiger partial charge in [0, 0.05) is 26.1 Å². The van der Waals surface area contributed by atoms with Crippen LogP contribution in [0.3, 0.4) is 0 Å². The van der Waals surface area contributed by atoms with Crippen LogP contribution in [0.25, 0.3) is 0 Å².